The molecule has 0 N–H and O–H groups in total. The second-order valence-electron chi connectivity index (χ2n) is 7.74. The Bertz CT molecular complexity index is 811. The summed E-state index contributed by atoms with van der Waals surface area (Å²) in [5, 5.41) is 8.88. The lowest BCUT2D eigenvalue weighted by molar-refractivity contribution is -0.117. The Balaban J connectivity index is 1.24. The molecule has 2 aromatic rings. The van der Waals surface area contributed by atoms with Crippen molar-refractivity contribution in [2.75, 3.05) is 24.5 Å². The highest BCUT2D eigenvalue weighted by atomic mass is 16.5. The van der Waals surface area contributed by atoms with Crippen LogP contribution in [0.2, 0.25) is 0 Å². The number of nitrogens with zero attached hydrogens (tertiary/aromatic N) is 5. The Morgan fingerprint density at radius 2 is 2.08 bits per heavy atom. The van der Waals surface area contributed by atoms with Gasteiger partial charge in [0.15, 0.2) is 0 Å². The molecule has 1 unspecified atom stereocenters. The van der Waals surface area contributed by atoms with Crippen LogP contribution in [0.15, 0.2) is 16.9 Å². The summed E-state index contributed by atoms with van der Waals surface area (Å²) in [5.41, 5.74) is 3.43. The third-order valence-electron chi connectivity index (χ3n) is 6.00. The van der Waals surface area contributed by atoms with Crippen molar-refractivity contribution in [1.82, 2.24) is 19.8 Å². The number of hydrogen-bond acceptors (Lipinski definition) is 5. The Morgan fingerprint density at radius 3 is 2.96 bits per heavy atom. The lowest BCUT2D eigenvalue weighted by Crippen LogP contribution is -2.23. The third-order valence-corrected chi connectivity index (χ3v) is 6.00. The Morgan fingerprint density at radius 1 is 1.15 bits per heavy atom. The smallest absolute Gasteiger partial charge is 0.227 e. The van der Waals surface area contributed by atoms with Gasteiger partial charge in [-0.3, -0.25) is 14.4 Å². The van der Waals surface area contributed by atoms with Gasteiger partial charge in [0, 0.05) is 50.8 Å². The van der Waals surface area contributed by atoms with Crippen LogP contribution in [0.25, 0.3) is 0 Å². The molecule has 7 nitrogen and oxygen atoms in total. The summed E-state index contributed by atoms with van der Waals surface area (Å²) in [6.07, 6.45) is 11.2. The summed E-state index contributed by atoms with van der Waals surface area (Å²) in [5.74, 6) is 1.32. The van der Waals surface area contributed by atoms with E-state index in [9.17, 15) is 4.79 Å². The lowest BCUT2D eigenvalue weighted by Gasteiger charge is -2.16. The van der Waals surface area contributed by atoms with Crippen LogP contribution in [0.4, 0.5) is 5.69 Å². The first-order chi connectivity index (χ1) is 12.8. The zero-order valence-corrected chi connectivity index (χ0v) is 15.1. The number of amides is 1. The molecule has 26 heavy (non-hydrogen) atoms. The molecule has 2 aliphatic heterocycles. The lowest BCUT2D eigenvalue weighted by atomic mass is 9.96. The normalized spacial score (nSPS) is 23.8. The molecule has 5 rings (SSSR count). The molecule has 2 fully saturated rings. The van der Waals surface area contributed by atoms with E-state index in [1.807, 2.05) is 22.0 Å². The second kappa shape index (κ2) is 6.54. The molecule has 0 aromatic carbocycles. The summed E-state index contributed by atoms with van der Waals surface area (Å²) in [4.78, 5) is 16.2. The van der Waals surface area contributed by atoms with Crippen LogP contribution in [0, 0.1) is 0 Å². The van der Waals surface area contributed by atoms with Gasteiger partial charge < -0.3 is 9.42 Å². The van der Waals surface area contributed by atoms with Crippen LogP contribution in [0.5, 0.6) is 0 Å². The van der Waals surface area contributed by atoms with E-state index in [4.69, 9.17) is 4.52 Å². The minimum atomic E-state index is 0.216. The van der Waals surface area contributed by atoms with Crippen LogP contribution < -0.4 is 4.90 Å². The molecule has 0 saturated carbocycles. The maximum Gasteiger partial charge on any atom is 0.227 e. The maximum absolute atomic E-state index is 11.9. The first-order valence-corrected chi connectivity index (χ1v) is 9.81. The minimum Gasteiger partial charge on any atom is -0.361 e. The summed E-state index contributed by atoms with van der Waals surface area (Å²) in [7, 11) is 0. The molecular weight excluding hydrogens is 330 g/mol. The van der Waals surface area contributed by atoms with Gasteiger partial charge in [-0.05, 0) is 32.1 Å². The number of aryl methyl sites for hydroxylation is 1. The van der Waals surface area contributed by atoms with Crippen molar-refractivity contribution in [1.29, 1.82) is 0 Å². The monoisotopic (exact) mass is 355 g/mol. The predicted octanol–water partition coefficient (Wildman–Crippen LogP) is 2.32. The van der Waals surface area contributed by atoms with E-state index in [1.165, 1.54) is 18.4 Å². The van der Waals surface area contributed by atoms with Gasteiger partial charge in [0.05, 0.1) is 17.9 Å². The van der Waals surface area contributed by atoms with Gasteiger partial charge in [-0.15, -0.1) is 0 Å². The molecule has 1 amide bonds. The van der Waals surface area contributed by atoms with E-state index in [-0.39, 0.29) is 5.91 Å². The van der Waals surface area contributed by atoms with E-state index in [2.05, 4.69) is 15.2 Å². The number of anilines is 1. The fourth-order valence-corrected chi connectivity index (χ4v) is 4.54. The molecule has 4 heterocycles. The van der Waals surface area contributed by atoms with Crippen LogP contribution >= 0.6 is 0 Å². The standard InChI is InChI=1S/C19H25N5O2/c25-19-6-3-8-23(19)15-10-20-24(12-15)14-7-9-22(11-14)13-17-16-4-1-2-5-18(16)26-21-17/h10,12,14H,1-9,11,13H2. The molecule has 3 aliphatic rings. The van der Waals surface area contributed by atoms with Gasteiger partial charge >= 0.3 is 0 Å². The van der Waals surface area contributed by atoms with Crippen molar-refractivity contribution >= 4 is 11.6 Å². The molecule has 0 radical (unpaired) electrons. The highest BCUT2D eigenvalue weighted by Crippen LogP contribution is 2.29. The van der Waals surface area contributed by atoms with Crippen molar-refractivity contribution in [3.63, 3.8) is 0 Å². The van der Waals surface area contributed by atoms with Crippen molar-refractivity contribution in [2.45, 2.75) is 57.5 Å². The molecule has 1 atom stereocenters. The van der Waals surface area contributed by atoms with E-state index in [1.54, 1.807) is 0 Å². The van der Waals surface area contributed by atoms with Crippen molar-refractivity contribution in [2.24, 2.45) is 0 Å². The number of hydrogen-bond donors (Lipinski definition) is 0. The predicted molar refractivity (Wildman–Crippen MR) is 95.9 cm³/mol. The number of fused-ring (bicyclic) bond motifs is 1. The van der Waals surface area contributed by atoms with E-state index >= 15 is 0 Å². The highest BCUT2D eigenvalue weighted by molar-refractivity contribution is 5.95. The van der Waals surface area contributed by atoms with Crippen molar-refractivity contribution < 1.29 is 9.32 Å². The first kappa shape index (κ1) is 16.1. The van der Waals surface area contributed by atoms with Crippen LogP contribution in [-0.2, 0) is 24.2 Å². The number of likely N-dealkylation sites (tertiary alicyclic amines) is 1. The number of carbonyl (C=O) groups excluding carboxylic acids is 1. The van der Waals surface area contributed by atoms with E-state index in [0.717, 1.165) is 69.0 Å². The number of rotatable bonds is 4. The summed E-state index contributed by atoms with van der Waals surface area (Å²) < 4.78 is 7.59. The highest BCUT2D eigenvalue weighted by Gasteiger charge is 2.29. The van der Waals surface area contributed by atoms with Crippen molar-refractivity contribution in [3.8, 4) is 0 Å². The fraction of sp³-hybridized carbons (Fsp3) is 0.632. The molecule has 0 bridgehead atoms. The third kappa shape index (κ3) is 2.84. The minimum absolute atomic E-state index is 0.216. The topological polar surface area (TPSA) is 67.4 Å². The van der Waals surface area contributed by atoms with Gasteiger partial charge in [-0.25, -0.2) is 0 Å². The molecule has 138 valence electrons. The van der Waals surface area contributed by atoms with E-state index in [0.29, 0.717) is 12.5 Å². The number of aromatic nitrogens is 3. The Kier molecular flexibility index (Phi) is 4.04. The molecular formula is C19H25N5O2. The average molecular weight is 355 g/mol. The summed E-state index contributed by atoms with van der Waals surface area (Å²) in [6.45, 7) is 3.70. The quantitative estimate of drug-likeness (QED) is 0.842. The molecule has 0 spiro atoms. The molecule has 2 saturated heterocycles. The van der Waals surface area contributed by atoms with Gasteiger partial charge in [0.1, 0.15) is 11.5 Å². The van der Waals surface area contributed by atoms with Gasteiger partial charge in [-0.2, -0.15) is 5.10 Å². The molecule has 1 aliphatic carbocycles. The van der Waals surface area contributed by atoms with Crippen LogP contribution in [0.3, 0.4) is 0 Å². The average Bonchev–Trinajstić information content (AvgIpc) is 3.42. The van der Waals surface area contributed by atoms with E-state index < -0.39 is 0 Å². The molecule has 2 aromatic heterocycles. The Hall–Kier alpha value is -2.15. The number of carbonyl (C=O) groups is 1. The van der Waals surface area contributed by atoms with Crippen LogP contribution in [-0.4, -0.2) is 45.4 Å². The van der Waals surface area contributed by atoms with Gasteiger partial charge in [0.2, 0.25) is 5.91 Å². The van der Waals surface area contributed by atoms with Crippen LogP contribution in [0.1, 0.15) is 55.2 Å². The molecule has 7 heteroatoms. The summed E-state index contributed by atoms with van der Waals surface area (Å²) >= 11 is 0. The second-order valence-corrected chi connectivity index (χ2v) is 7.74. The zero-order valence-electron chi connectivity index (χ0n) is 15.1. The SMILES string of the molecule is O=C1CCCN1c1cnn(C2CCN(Cc3noc4c3CCCC4)C2)c1. The van der Waals surface area contributed by atoms with Gasteiger partial charge in [0.25, 0.3) is 0 Å². The first-order valence-electron chi connectivity index (χ1n) is 9.81. The van der Waals surface area contributed by atoms with Crippen molar-refractivity contribution in [3.05, 3.63) is 29.4 Å². The zero-order chi connectivity index (χ0) is 17.5. The maximum atomic E-state index is 11.9. The fourth-order valence-electron chi connectivity index (χ4n) is 4.54. The largest absolute Gasteiger partial charge is 0.361 e. The van der Waals surface area contributed by atoms with Gasteiger partial charge in [-0.1, -0.05) is 5.16 Å². The summed E-state index contributed by atoms with van der Waals surface area (Å²) in [6, 6.07) is 0.365. The Labute approximate surface area is 152 Å².